The molecule has 0 aliphatic heterocycles. The standard InChI is InChI=1S/C7H6ClNO3/c1-12-4-2-5(8)6(7(10)11)9-3-4/h2-3H,1H3,(H,10,11)/i1D3. The molecule has 0 fully saturated rings. The fourth-order valence-corrected chi connectivity index (χ4v) is 0.871. The minimum absolute atomic E-state index is 0.106. The van der Waals surface area contributed by atoms with E-state index in [1.807, 2.05) is 0 Å². The highest BCUT2D eigenvalue weighted by atomic mass is 35.5. The molecule has 0 atom stereocenters. The molecule has 0 bridgehead atoms. The summed E-state index contributed by atoms with van der Waals surface area (Å²) in [6.45, 7) is 0. The van der Waals surface area contributed by atoms with Gasteiger partial charge in [-0.1, -0.05) is 11.6 Å². The molecule has 0 spiro atoms. The normalized spacial score (nSPS) is 14.2. The largest absolute Gasteiger partial charge is 0.495 e. The molecule has 12 heavy (non-hydrogen) atoms. The summed E-state index contributed by atoms with van der Waals surface area (Å²) in [6, 6.07) is 1.09. The number of aromatic carboxylic acids is 1. The summed E-state index contributed by atoms with van der Waals surface area (Å²) in [4.78, 5) is 14.0. The van der Waals surface area contributed by atoms with Crippen molar-refractivity contribution in [1.29, 1.82) is 0 Å². The van der Waals surface area contributed by atoms with Gasteiger partial charge in [-0.15, -0.1) is 0 Å². The molecule has 0 aliphatic rings. The zero-order chi connectivity index (χ0) is 11.6. The van der Waals surface area contributed by atoms with E-state index in [0.29, 0.717) is 0 Å². The Morgan fingerprint density at radius 3 is 3.17 bits per heavy atom. The van der Waals surface area contributed by atoms with Gasteiger partial charge in [0.25, 0.3) is 0 Å². The van der Waals surface area contributed by atoms with Crippen LogP contribution in [0.2, 0.25) is 5.02 Å². The van der Waals surface area contributed by atoms with Crippen LogP contribution >= 0.6 is 11.6 Å². The van der Waals surface area contributed by atoms with Crippen molar-refractivity contribution in [2.24, 2.45) is 0 Å². The van der Waals surface area contributed by atoms with E-state index in [9.17, 15) is 4.79 Å². The number of carbonyl (C=O) groups is 1. The monoisotopic (exact) mass is 190 g/mol. The molecular weight excluding hydrogens is 182 g/mol. The molecule has 1 rings (SSSR count). The number of rotatable bonds is 2. The highest BCUT2D eigenvalue weighted by Gasteiger charge is 2.10. The van der Waals surface area contributed by atoms with Gasteiger partial charge < -0.3 is 9.84 Å². The maximum Gasteiger partial charge on any atom is 0.356 e. The van der Waals surface area contributed by atoms with Crippen LogP contribution in [0.15, 0.2) is 12.3 Å². The Morgan fingerprint density at radius 1 is 1.92 bits per heavy atom. The van der Waals surface area contributed by atoms with Gasteiger partial charge >= 0.3 is 5.97 Å². The van der Waals surface area contributed by atoms with E-state index in [2.05, 4.69) is 9.72 Å². The van der Waals surface area contributed by atoms with Gasteiger partial charge in [-0.2, -0.15) is 0 Å². The van der Waals surface area contributed by atoms with Gasteiger partial charge in [0.2, 0.25) is 0 Å². The van der Waals surface area contributed by atoms with Crippen molar-refractivity contribution in [3.8, 4) is 5.75 Å². The molecule has 1 heterocycles. The second-order valence-electron chi connectivity index (χ2n) is 1.91. The quantitative estimate of drug-likeness (QED) is 0.767. The molecule has 5 heteroatoms. The number of nitrogens with zero attached hydrogens (tertiary/aromatic N) is 1. The van der Waals surface area contributed by atoms with Crippen molar-refractivity contribution in [1.82, 2.24) is 4.98 Å². The van der Waals surface area contributed by atoms with Crippen molar-refractivity contribution in [2.45, 2.75) is 0 Å². The number of hydrogen-bond acceptors (Lipinski definition) is 3. The highest BCUT2D eigenvalue weighted by Crippen LogP contribution is 2.19. The number of carboxylic acids is 1. The van der Waals surface area contributed by atoms with E-state index in [4.69, 9.17) is 20.8 Å². The van der Waals surface area contributed by atoms with Crippen LogP contribution in [-0.4, -0.2) is 23.1 Å². The molecule has 0 aromatic carbocycles. The smallest absolute Gasteiger partial charge is 0.356 e. The predicted molar refractivity (Wildman–Crippen MR) is 42.8 cm³/mol. The Kier molecular flexibility index (Phi) is 1.52. The fourth-order valence-electron chi connectivity index (χ4n) is 0.634. The van der Waals surface area contributed by atoms with Crippen LogP contribution in [0.25, 0.3) is 0 Å². The van der Waals surface area contributed by atoms with E-state index in [1.54, 1.807) is 0 Å². The SMILES string of the molecule is [2H]C([2H])([2H])Oc1cnc(C(=O)O)c(Cl)c1. The van der Waals surface area contributed by atoms with E-state index in [1.165, 1.54) is 0 Å². The summed E-state index contributed by atoms with van der Waals surface area (Å²) >= 11 is 5.55. The summed E-state index contributed by atoms with van der Waals surface area (Å²) < 4.78 is 24.9. The van der Waals surface area contributed by atoms with E-state index >= 15 is 0 Å². The maximum atomic E-state index is 10.5. The number of halogens is 1. The van der Waals surface area contributed by atoms with Crippen LogP contribution in [-0.2, 0) is 0 Å². The van der Waals surface area contributed by atoms with E-state index in [0.717, 1.165) is 12.3 Å². The minimum atomic E-state index is -2.62. The molecule has 0 aliphatic carbocycles. The maximum absolute atomic E-state index is 10.5. The van der Waals surface area contributed by atoms with Gasteiger partial charge in [-0.25, -0.2) is 9.78 Å². The first-order valence-electron chi connectivity index (χ1n) is 4.37. The van der Waals surface area contributed by atoms with Gasteiger partial charge in [0, 0.05) is 6.07 Å². The zero-order valence-corrected chi connectivity index (χ0v) is 6.50. The molecular formula is C7H6ClNO3. The zero-order valence-electron chi connectivity index (χ0n) is 8.74. The van der Waals surface area contributed by atoms with Crippen molar-refractivity contribution in [3.63, 3.8) is 0 Å². The van der Waals surface area contributed by atoms with Crippen LogP contribution < -0.4 is 4.74 Å². The van der Waals surface area contributed by atoms with Crippen LogP contribution in [0, 0.1) is 0 Å². The van der Waals surface area contributed by atoms with Crippen molar-refractivity contribution in [3.05, 3.63) is 23.0 Å². The highest BCUT2D eigenvalue weighted by molar-refractivity contribution is 6.33. The Labute approximate surface area is 78.0 Å². The van der Waals surface area contributed by atoms with Crippen molar-refractivity contribution in [2.75, 3.05) is 7.04 Å². The number of ether oxygens (including phenoxy) is 1. The minimum Gasteiger partial charge on any atom is -0.495 e. The molecule has 0 unspecified atom stereocenters. The molecule has 64 valence electrons. The average molecular weight is 191 g/mol. The van der Waals surface area contributed by atoms with Gasteiger partial charge in [-0.05, 0) is 0 Å². The lowest BCUT2D eigenvalue weighted by molar-refractivity contribution is 0.0690. The lowest BCUT2D eigenvalue weighted by atomic mass is 10.3. The second kappa shape index (κ2) is 3.40. The summed E-state index contributed by atoms with van der Waals surface area (Å²) in [7, 11) is -2.62. The topological polar surface area (TPSA) is 59.4 Å². The molecule has 0 saturated carbocycles. The third-order valence-electron chi connectivity index (χ3n) is 1.14. The lowest BCUT2D eigenvalue weighted by Gasteiger charge is -2.00. The van der Waals surface area contributed by atoms with Crippen LogP contribution in [0.3, 0.4) is 0 Å². The first kappa shape index (κ1) is 5.37. The molecule has 1 aromatic rings. The van der Waals surface area contributed by atoms with Crippen LogP contribution in [0.4, 0.5) is 0 Å². The number of aromatic nitrogens is 1. The Bertz CT molecular complexity index is 394. The molecule has 0 saturated heterocycles. The fraction of sp³-hybridized carbons (Fsp3) is 0.143. The molecule has 0 amide bonds. The molecule has 4 nitrogen and oxygen atoms in total. The third kappa shape index (κ3) is 1.65. The number of methoxy groups -OCH3 is 1. The van der Waals surface area contributed by atoms with E-state index in [-0.39, 0.29) is 16.5 Å². The Balaban J connectivity index is 2.97. The number of pyridine rings is 1. The van der Waals surface area contributed by atoms with E-state index < -0.39 is 13.0 Å². The Hall–Kier alpha value is -1.29. The number of hydrogen-bond donors (Lipinski definition) is 1. The average Bonchev–Trinajstić information content (AvgIpc) is 1.99. The molecule has 1 aromatic heterocycles. The lowest BCUT2D eigenvalue weighted by Crippen LogP contribution is -2.01. The van der Waals surface area contributed by atoms with Crippen LogP contribution in [0.5, 0.6) is 5.75 Å². The van der Waals surface area contributed by atoms with Crippen molar-refractivity contribution >= 4 is 17.6 Å². The molecule has 1 N–H and O–H groups in total. The molecule has 0 radical (unpaired) electrons. The number of carboxylic acid groups (broad SMARTS) is 1. The summed E-state index contributed by atoms with van der Waals surface area (Å²) in [5.74, 6) is -1.40. The van der Waals surface area contributed by atoms with Gasteiger partial charge in [0.1, 0.15) is 5.75 Å². The Morgan fingerprint density at radius 2 is 2.67 bits per heavy atom. The summed E-state index contributed by atoms with van der Waals surface area (Å²) in [5, 5.41) is 8.41. The predicted octanol–water partition coefficient (Wildman–Crippen LogP) is 1.44. The van der Waals surface area contributed by atoms with Gasteiger partial charge in [-0.3, -0.25) is 0 Å². The van der Waals surface area contributed by atoms with Crippen molar-refractivity contribution < 1.29 is 18.8 Å². The summed E-state index contributed by atoms with van der Waals surface area (Å²) in [6.07, 6.45) is 0.988. The van der Waals surface area contributed by atoms with Gasteiger partial charge in [0.05, 0.1) is 22.4 Å². The third-order valence-corrected chi connectivity index (χ3v) is 1.42. The summed E-state index contributed by atoms with van der Waals surface area (Å²) in [5.41, 5.74) is -0.352. The van der Waals surface area contributed by atoms with Crippen LogP contribution in [0.1, 0.15) is 14.6 Å². The van der Waals surface area contributed by atoms with Gasteiger partial charge in [0.15, 0.2) is 5.69 Å². The first-order chi connectivity index (χ1) is 6.79. The first-order valence-corrected chi connectivity index (χ1v) is 3.25. The second-order valence-corrected chi connectivity index (χ2v) is 2.32.